The summed E-state index contributed by atoms with van der Waals surface area (Å²) < 4.78 is 7.87. The van der Waals surface area contributed by atoms with Gasteiger partial charge in [-0.15, -0.1) is 0 Å². The zero-order valence-electron chi connectivity index (χ0n) is 9.43. The van der Waals surface area contributed by atoms with E-state index >= 15 is 0 Å². The van der Waals surface area contributed by atoms with Crippen LogP contribution in [0.4, 0.5) is 0 Å². The van der Waals surface area contributed by atoms with E-state index in [0.29, 0.717) is 0 Å². The van der Waals surface area contributed by atoms with Crippen molar-refractivity contribution in [3.05, 3.63) is 47.5 Å². The molecular formula is C13H12N2OS. The van der Waals surface area contributed by atoms with Crippen molar-refractivity contribution in [3.8, 4) is 0 Å². The second kappa shape index (κ2) is 4.30. The van der Waals surface area contributed by atoms with Crippen LogP contribution in [0.25, 0.3) is 10.8 Å². The number of hydrogen-bond acceptors (Lipinski definition) is 4. The number of hydrogen-bond donors (Lipinski definition) is 1. The molecule has 1 aliphatic rings. The lowest BCUT2D eigenvalue weighted by Crippen LogP contribution is -2.14. The van der Waals surface area contributed by atoms with Crippen LogP contribution in [-0.4, -0.2) is 5.84 Å². The number of rotatable bonds is 2. The van der Waals surface area contributed by atoms with Gasteiger partial charge < -0.3 is 0 Å². The summed E-state index contributed by atoms with van der Waals surface area (Å²) in [5.74, 6) is 0.869. The maximum Gasteiger partial charge on any atom is 0.208 e. The molecule has 1 aliphatic heterocycles. The number of nitrogens with zero attached hydrogens (tertiary/aromatic N) is 1. The fourth-order valence-electron chi connectivity index (χ4n) is 1.99. The lowest BCUT2D eigenvalue weighted by atomic mass is 9.99. The zero-order chi connectivity index (χ0) is 11.7. The lowest BCUT2D eigenvalue weighted by molar-refractivity contribution is 0.415. The molecule has 2 aromatic rings. The van der Waals surface area contributed by atoms with Gasteiger partial charge in [-0.3, -0.25) is 9.01 Å². The van der Waals surface area contributed by atoms with Crippen molar-refractivity contribution in [2.45, 2.75) is 13.3 Å². The first-order valence-electron chi connectivity index (χ1n) is 5.47. The van der Waals surface area contributed by atoms with Crippen LogP contribution in [0.1, 0.15) is 11.1 Å². The number of oxime groups is 1. The average Bonchev–Trinajstić information content (AvgIpc) is 2.83. The molecule has 0 radical (unpaired) electrons. The zero-order valence-corrected chi connectivity index (χ0v) is 10.3. The molecule has 0 amide bonds. The molecule has 0 atom stereocenters. The molecule has 2 aromatic carbocycles. The van der Waals surface area contributed by atoms with E-state index in [1.807, 2.05) is 0 Å². The standard InChI is InChI=1S/C13H12N2OS/c1-9-6-10-4-2-3-5-11(10)7-12(9)8-13-14-16-17-15-13/h2-7H,8H2,1H3,(H,14,15). The molecular weight excluding hydrogens is 232 g/mol. The van der Waals surface area contributed by atoms with Crippen LogP contribution in [-0.2, 0) is 10.7 Å². The van der Waals surface area contributed by atoms with Crippen molar-refractivity contribution in [1.82, 2.24) is 4.72 Å². The molecule has 0 unspecified atom stereocenters. The molecule has 0 fully saturated rings. The molecule has 86 valence electrons. The van der Waals surface area contributed by atoms with Gasteiger partial charge in [-0.1, -0.05) is 41.6 Å². The van der Waals surface area contributed by atoms with Crippen LogP contribution >= 0.6 is 12.2 Å². The summed E-state index contributed by atoms with van der Waals surface area (Å²) in [6.45, 7) is 2.13. The normalized spacial score (nSPS) is 14.3. The van der Waals surface area contributed by atoms with Crippen molar-refractivity contribution in [1.29, 1.82) is 0 Å². The van der Waals surface area contributed by atoms with Crippen LogP contribution < -0.4 is 4.72 Å². The van der Waals surface area contributed by atoms with Gasteiger partial charge in [0.05, 0.1) is 0 Å². The van der Waals surface area contributed by atoms with Gasteiger partial charge in [-0.05, 0) is 28.8 Å². The van der Waals surface area contributed by atoms with Crippen molar-refractivity contribution in [2.24, 2.45) is 5.16 Å². The third kappa shape index (κ3) is 2.08. The molecule has 0 bridgehead atoms. The summed E-state index contributed by atoms with van der Waals surface area (Å²) in [6, 6.07) is 12.8. The van der Waals surface area contributed by atoms with Crippen LogP contribution in [0, 0.1) is 6.92 Å². The average molecular weight is 244 g/mol. The Kier molecular flexibility index (Phi) is 2.65. The quantitative estimate of drug-likeness (QED) is 0.650. The highest BCUT2D eigenvalue weighted by Crippen LogP contribution is 2.21. The van der Waals surface area contributed by atoms with Gasteiger partial charge in [-0.25, -0.2) is 0 Å². The summed E-state index contributed by atoms with van der Waals surface area (Å²) in [6.07, 6.45) is 0.781. The molecule has 1 heterocycles. The first-order valence-corrected chi connectivity index (χ1v) is 6.21. The third-order valence-electron chi connectivity index (χ3n) is 2.91. The van der Waals surface area contributed by atoms with Crippen LogP contribution in [0.2, 0.25) is 0 Å². The Labute approximate surface area is 104 Å². The first-order chi connectivity index (χ1) is 8.33. The Morgan fingerprint density at radius 1 is 1.24 bits per heavy atom. The Bertz CT molecular complexity index is 595. The van der Waals surface area contributed by atoms with E-state index in [1.165, 1.54) is 21.9 Å². The smallest absolute Gasteiger partial charge is 0.208 e. The van der Waals surface area contributed by atoms with E-state index in [0.717, 1.165) is 24.5 Å². The van der Waals surface area contributed by atoms with Crippen LogP contribution in [0.3, 0.4) is 0 Å². The summed E-state index contributed by atoms with van der Waals surface area (Å²) in [5.41, 5.74) is 2.56. The number of benzene rings is 2. The summed E-state index contributed by atoms with van der Waals surface area (Å²) in [5, 5.41) is 6.46. The Hall–Kier alpha value is -1.68. The molecule has 0 aromatic heterocycles. The predicted molar refractivity (Wildman–Crippen MR) is 71.6 cm³/mol. The van der Waals surface area contributed by atoms with Gasteiger partial charge in [0.2, 0.25) is 12.2 Å². The fraction of sp³-hybridized carbons (Fsp3) is 0.154. The summed E-state index contributed by atoms with van der Waals surface area (Å²) in [4.78, 5) is 0. The van der Waals surface area contributed by atoms with Gasteiger partial charge in [-0.2, -0.15) is 0 Å². The second-order valence-electron chi connectivity index (χ2n) is 4.10. The highest BCUT2D eigenvalue weighted by Gasteiger charge is 2.11. The monoisotopic (exact) mass is 244 g/mol. The SMILES string of the molecule is Cc1cc2ccccc2cc1CC1=NOSN1. The van der Waals surface area contributed by atoms with E-state index in [1.54, 1.807) is 0 Å². The van der Waals surface area contributed by atoms with Crippen LogP contribution in [0.15, 0.2) is 41.6 Å². The van der Waals surface area contributed by atoms with Crippen LogP contribution in [0.5, 0.6) is 0 Å². The molecule has 4 heteroatoms. The number of aryl methyl sites for hydroxylation is 1. The second-order valence-corrected chi connectivity index (χ2v) is 4.62. The maximum absolute atomic E-state index is 4.85. The maximum atomic E-state index is 4.85. The van der Waals surface area contributed by atoms with Gasteiger partial charge in [0, 0.05) is 6.42 Å². The fourth-order valence-corrected chi connectivity index (χ4v) is 2.36. The lowest BCUT2D eigenvalue weighted by Gasteiger charge is -2.07. The number of fused-ring (bicyclic) bond motifs is 1. The summed E-state index contributed by atoms with van der Waals surface area (Å²) >= 11 is 1.16. The van der Waals surface area contributed by atoms with Crippen molar-refractivity contribution < 1.29 is 4.28 Å². The minimum Gasteiger partial charge on any atom is -0.297 e. The van der Waals surface area contributed by atoms with Gasteiger partial charge >= 0.3 is 0 Å². The Balaban J connectivity index is 2.00. The van der Waals surface area contributed by atoms with Crippen molar-refractivity contribution in [2.75, 3.05) is 0 Å². The van der Waals surface area contributed by atoms with Gasteiger partial charge in [0.25, 0.3) is 0 Å². The molecule has 0 saturated carbocycles. The number of nitrogens with one attached hydrogen (secondary N) is 1. The van der Waals surface area contributed by atoms with Crippen molar-refractivity contribution in [3.63, 3.8) is 0 Å². The molecule has 17 heavy (non-hydrogen) atoms. The molecule has 3 rings (SSSR count). The minimum absolute atomic E-state index is 0.781. The van der Waals surface area contributed by atoms with Gasteiger partial charge in [0.1, 0.15) is 0 Å². The topological polar surface area (TPSA) is 33.6 Å². The van der Waals surface area contributed by atoms with E-state index in [9.17, 15) is 0 Å². The molecule has 0 aliphatic carbocycles. The van der Waals surface area contributed by atoms with E-state index in [4.69, 9.17) is 4.28 Å². The molecule has 0 spiro atoms. The first kappa shape index (κ1) is 10.5. The predicted octanol–water partition coefficient (Wildman–Crippen LogP) is 3.19. The number of amidine groups is 1. The Morgan fingerprint density at radius 2 is 2.00 bits per heavy atom. The van der Waals surface area contributed by atoms with E-state index in [-0.39, 0.29) is 0 Å². The summed E-state index contributed by atoms with van der Waals surface area (Å²) in [7, 11) is 0. The highest BCUT2D eigenvalue weighted by molar-refractivity contribution is 7.93. The molecule has 0 saturated heterocycles. The Morgan fingerprint density at radius 3 is 2.71 bits per heavy atom. The van der Waals surface area contributed by atoms with Crippen molar-refractivity contribution >= 4 is 28.8 Å². The molecule has 1 N–H and O–H groups in total. The third-order valence-corrected chi connectivity index (χ3v) is 3.37. The van der Waals surface area contributed by atoms with Gasteiger partial charge in [0.15, 0.2) is 5.84 Å². The van der Waals surface area contributed by atoms with E-state index in [2.05, 4.69) is 53.2 Å². The van der Waals surface area contributed by atoms with E-state index < -0.39 is 0 Å². The molecule has 3 nitrogen and oxygen atoms in total. The highest BCUT2D eigenvalue weighted by atomic mass is 32.2. The minimum atomic E-state index is 0.781. The largest absolute Gasteiger partial charge is 0.297 e.